The number of aliphatic imine (C=N–C) groups is 1. The highest BCUT2D eigenvalue weighted by Gasteiger charge is 2.27. The summed E-state index contributed by atoms with van der Waals surface area (Å²) in [5.74, 6) is 1.53. The Balaban J connectivity index is 0.00000576. The van der Waals surface area contributed by atoms with Crippen molar-refractivity contribution in [2.24, 2.45) is 10.9 Å². The van der Waals surface area contributed by atoms with Crippen LogP contribution in [0.5, 0.6) is 0 Å². The lowest BCUT2D eigenvalue weighted by molar-refractivity contribution is -0.173. The fraction of sp³-hybridized carbons (Fsp3) is 0.938. The van der Waals surface area contributed by atoms with Crippen molar-refractivity contribution in [3.8, 4) is 0 Å². The quantitative estimate of drug-likeness (QED) is 0.231. The number of nitrogens with zero attached hydrogens (tertiary/aromatic N) is 2. The molecule has 1 fully saturated rings. The number of alkyl halides is 3. The molecule has 150 valence electrons. The molecule has 0 amide bonds. The highest BCUT2D eigenvalue weighted by Crippen LogP contribution is 2.15. The third-order valence-corrected chi connectivity index (χ3v) is 4.07. The Morgan fingerprint density at radius 1 is 1.16 bits per heavy atom. The first-order chi connectivity index (χ1) is 11.4. The van der Waals surface area contributed by atoms with Gasteiger partial charge in [0.05, 0.1) is 0 Å². The van der Waals surface area contributed by atoms with E-state index in [-0.39, 0.29) is 30.6 Å². The van der Waals surface area contributed by atoms with E-state index < -0.39 is 12.8 Å². The minimum atomic E-state index is -4.25. The molecule has 25 heavy (non-hydrogen) atoms. The van der Waals surface area contributed by atoms with Crippen LogP contribution < -0.4 is 10.6 Å². The Bertz CT molecular complexity index is 362. The second kappa shape index (κ2) is 13.9. The maximum atomic E-state index is 11.9. The van der Waals surface area contributed by atoms with Crippen LogP contribution in [0, 0.1) is 5.92 Å². The molecule has 1 aliphatic rings. The number of likely N-dealkylation sites (tertiary alicyclic amines) is 1. The molecular weight excluding hydrogens is 448 g/mol. The summed E-state index contributed by atoms with van der Waals surface area (Å²) in [7, 11) is 1.68. The molecule has 0 aliphatic carbocycles. The van der Waals surface area contributed by atoms with Crippen LogP contribution in [0.4, 0.5) is 13.2 Å². The smallest absolute Gasteiger partial charge is 0.372 e. The van der Waals surface area contributed by atoms with E-state index in [9.17, 15) is 13.2 Å². The fourth-order valence-electron chi connectivity index (χ4n) is 2.58. The van der Waals surface area contributed by atoms with Gasteiger partial charge in [-0.1, -0.05) is 6.92 Å². The van der Waals surface area contributed by atoms with Crippen molar-refractivity contribution < 1.29 is 17.9 Å². The molecular formula is C16H32F3IN4O. The van der Waals surface area contributed by atoms with E-state index in [1.807, 2.05) is 0 Å². The maximum absolute atomic E-state index is 11.9. The highest BCUT2D eigenvalue weighted by molar-refractivity contribution is 14.0. The lowest BCUT2D eigenvalue weighted by Gasteiger charge is -2.30. The average molecular weight is 480 g/mol. The van der Waals surface area contributed by atoms with E-state index in [0.29, 0.717) is 18.9 Å². The summed E-state index contributed by atoms with van der Waals surface area (Å²) in [6, 6.07) is 0. The molecule has 0 aromatic heterocycles. The lowest BCUT2D eigenvalue weighted by Crippen LogP contribution is -2.40. The molecule has 0 saturated carbocycles. The molecule has 2 N–H and O–H groups in total. The van der Waals surface area contributed by atoms with Gasteiger partial charge >= 0.3 is 6.18 Å². The summed E-state index contributed by atoms with van der Waals surface area (Å²) in [6.07, 6.45) is -0.135. The summed E-state index contributed by atoms with van der Waals surface area (Å²) < 4.78 is 40.3. The number of ether oxygens (including phenoxy) is 1. The van der Waals surface area contributed by atoms with Crippen LogP contribution in [-0.2, 0) is 4.74 Å². The highest BCUT2D eigenvalue weighted by atomic mass is 127. The normalized spacial score (nSPS) is 17.2. The van der Waals surface area contributed by atoms with Crippen LogP contribution in [0.2, 0.25) is 0 Å². The zero-order valence-electron chi connectivity index (χ0n) is 15.2. The van der Waals surface area contributed by atoms with Gasteiger partial charge in [0, 0.05) is 26.7 Å². The van der Waals surface area contributed by atoms with Gasteiger partial charge < -0.3 is 20.3 Å². The molecule has 0 bridgehead atoms. The number of piperidine rings is 1. The standard InChI is InChI=1S/C16H31F3N4O.HI/c1-14-5-10-23(11-6-14)9-3-7-21-15(20-2)22-8-4-12-24-13-16(17,18)19;/h14H,3-13H2,1-2H3,(H2,20,21,22);1H. The molecule has 0 atom stereocenters. The Morgan fingerprint density at radius 3 is 2.32 bits per heavy atom. The van der Waals surface area contributed by atoms with Crippen molar-refractivity contribution in [3.63, 3.8) is 0 Å². The van der Waals surface area contributed by atoms with Crippen molar-refractivity contribution in [2.45, 2.75) is 38.8 Å². The summed E-state index contributed by atoms with van der Waals surface area (Å²) >= 11 is 0. The molecule has 0 radical (unpaired) electrons. The van der Waals surface area contributed by atoms with Crippen LogP contribution in [0.3, 0.4) is 0 Å². The zero-order valence-corrected chi connectivity index (χ0v) is 17.5. The molecule has 1 saturated heterocycles. The second-order valence-corrected chi connectivity index (χ2v) is 6.32. The van der Waals surface area contributed by atoms with Gasteiger partial charge in [-0.3, -0.25) is 4.99 Å². The van der Waals surface area contributed by atoms with Crippen LogP contribution in [0.1, 0.15) is 32.6 Å². The molecule has 0 aromatic carbocycles. The van der Waals surface area contributed by atoms with Crippen molar-refractivity contribution in [3.05, 3.63) is 0 Å². The first-order valence-electron chi connectivity index (χ1n) is 8.72. The van der Waals surface area contributed by atoms with Crippen molar-refractivity contribution in [1.82, 2.24) is 15.5 Å². The SMILES string of the molecule is CN=C(NCCCOCC(F)(F)F)NCCCN1CCC(C)CC1.I. The number of rotatable bonds is 9. The van der Waals surface area contributed by atoms with Crippen LogP contribution >= 0.6 is 24.0 Å². The number of halogens is 4. The first kappa shape index (κ1) is 24.7. The Labute approximate surface area is 166 Å². The van der Waals surface area contributed by atoms with Crippen LogP contribution in [0.15, 0.2) is 4.99 Å². The van der Waals surface area contributed by atoms with E-state index in [0.717, 1.165) is 25.4 Å². The first-order valence-corrected chi connectivity index (χ1v) is 8.72. The third-order valence-electron chi connectivity index (χ3n) is 4.07. The predicted octanol–water partition coefficient (Wildman–Crippen LogP) is 2.86. The Hall–Kier alpha value is -0.290. The van der Waals surface area contributed by atoms with Crippen molar-refractivity contribution >= 4 is 29.9 Å². The average Bonchev–Trinajstić information content (AvgIpc) is 2.53. The summed E-state index contributed by atoms with van der Waals surface area (Å²) in [5, 5.41) is 6.30. The molecule has 1 aliphatic heterocycles. The molecule has 0 unspecified atom stereocenters. The lowest BCUT2D eigenvalue weighted by atomic mass is 9.99. The number of nitrogens with one attached hydrogen (secondary N) is 2. The van der Waals surface area contributed by atoms with Crippen LogP contribution in [0.25, 0.3) is 0 Å². The largest absolute Gasteiger partial charge is 0.411 e. The minimum absolute atomic E-state index is 0. The van der Waals surface area contributed by atoms with Gasteiger partial charge in [0.2, 0.25) is 0 Å². The predicted molar refractivity (Wildman–Crippen MR) is 106 cm³/mol. The van der Waals surface area contributed by atoms with Gasteiger partial charge in [0.25, 0.3) is 0 Å². The molecule has 0 spiro atoms. The summed E-state index contributed by atoms with van der Waals surface area (Å²) in [5.41, 5.74) is 0. The Kier molecular flexibility index (Phi) is 13.7. The molecule has 1 heterocycles. The second-order valence-electron chi connectivity index (χ2n) is 6.32. The van der Waals surface area contributed by atoms with Gasteiger partial charge in [0.15, 0.2) is 5.96 Å². The van der Waals surface area contributed by atoms with Crippen molar-refractivity contribution in [2.75, 3.05) is 53.0 Å². The molecule has 5 nitrogen and oxygen atoms in total. The van der Waals surface area contributed by atoms with E-state index in [1.165, 1.54) is 25.9 Å². The van der Waals surface area contributed by atoms with Gasteiger partial charge in [-0.25, -0.2) is 0 Å². The topological polar surface area (TPSA) is 48.9 Å². The number of guanidine groups is 1. The minimum Gasteiger partial charge on any atom is -0.372 e. The monoisotopic (exact) mass is 480 g/mol. The number of hydrogen-bond donors (Lipinski definition) is 2. The van der Waals surface area contributed by atoms with Gasteiger partial charge in [0.1, 0.15) is 6.61 Å². The number of hydrogen-bond acceptors (Lipinski definition) is 3. The van der Waals surface area contributed by atoms with E-state index in [4.69, 9.17) is 0 Å². The fourth-order valence-corrected chi connectivity index (χ4v) is 2.58. The Morgan fingerprint density at radius 2 is 1.76 bits per heavy atom. The van der Waals surface area contributed by atoms with Gasteiger partial charge in [-0.15, -0.1) is 24.0 Å². The molecule has 1 rings (SSSR count). The summed E-state index contributed by atoms with van der Waals surface area (Å²) in [6.45, 7) is 6.02. The third kappa shape index (κ3) is 13.6. The van der Waals surface area contributed by atoms with Crippen molar-refractivity contribution in [1.29, 1.82) is 0 Å². The van der Waals surface area contributed by atoms with Gasteiger partial charge in [-0.05, 0) is 51.2 Å². The van der Waals surface area contributed by atoms with Crippen LogP contribution in [-0.4, -0.2) is 70.0 Å². The van der Waals surface area contributed by atoms with E-state index in [2.05, 4.69) is 32.2 Å². The van der Waals surface area contributed by atoms with E-state index >= 15 is 0 Å². The molecule has 9 heteroatoms. The molecule has 0 aromatic rings. The van der Waals surface area contributed by atoms with Gasteiger partial charge in [-0.2, -0.15) is 13.2 Å². The zero-order chi connectivity index (χ0) is 17.8. The maximum Gasteiger partial charge on any atom is 0.411 e. The van der Waals surface area contributed by atoms with E-state index in [1.54, 1.807) is 7.05 Å². The summed E-state index contributed by atoms with van der Waals surface area (Å²) in [4.78, 5) is 6.60.